The number of tetrazole rings is 1. The van der Waals surface area contributed by atoms with Crippen LogP contribution in [0.15, 0.2) is 35.5 Å². The number of amides is 1. The van der Waals surface area contributed by atoms with E-state index in [0.717, 1.165) is 23.6 Å². The number of rotatable bonds is 7. The van der Waals surface area contributed by atoms with Gasteiger partial charge < -0.3 is 5.32 Å². The lowest BCUT2D eigenvalue weighted by molar-refractivity contribution is -0.121. The van der Waals surface area contributed by atoms with E-state index in [0.29, 0.717) is 12.6 Å². The number of hydrogen-bond donors (Lipinski definition) is 1. The topological polar surface area (TPSA) is 72.7 Å². The molecule has 1 atom stereocenters. The Morgan fingerprint density at radius 2 is 2.09 bits per heavy atom. The predicted octanol–water partition coefficient (Wildman–Crippen LogP) is 2.44. The number of aromatic nitrogens is 4. The molecule has 1 saturated carbocycles. The van der Waals surface area contributed by atoms with E-state index in [1.54, 1.807) is 0 Å². The van der Waals surface area contributed by atoms with E-state index >= 15 is 0 Å². The van der Waals surface area contributed by atoms with Crippen molar-refractivity contribution >= 4 is 17.7 Å². The van der Waals surface area contributed by atoms with Gasteiger partial charge >= 0.3 is 0 Å². The van der Waals surface area contributed by atoms with E-state index in [9.17, 15) is 4.79 Å². The molecular formula is C16H21N5OS. The normalized spacial score (nSPS) is 15.6. The first kappa shape index (κ1) is 16.0. The molecule has 7 heteroatoms. The lowest BCUT2D eigenvalue weighted by Crippen LogP contribution is -2.35. The Balaban J connectivity index is 1.63. The first-order valence-corrected chi connectivity index (χ1v) is 8.79. The maximum atomic E-state index is 12.6. The van der Waals surface area contributed by atoms with E-state index in [1.807, 2.05) is 48.9 Å². The van der Waals surface area contributed by atoms with Gasteiger partial charge in [-0.05, 0) is 34.7 Å². The Morgan fingerprint density at radius 3 is 2.74 bits per heavy atom. The van der Waals surface area contributed by atoms with Crippen molar-refractivity contribution in [3.63, 3.8) is 0 Å². The summed E-state index contributed by atoms with van der Waals surface area (Å²) >= 11 is 1.46. The van der Waals surface area contributed by atoms with Gasteiger partial charge in [-0.25, -0.2) is 4.68 Å². The van der Waals surface area contributed by atoms with Crippen LogP contribution in [0.3, 0.4) is 0 Å². The molecule has 122 valence electrons. The average molecular weight is 331 g/mol. The van der Waals surface area contributed by atoms with E-state index in [-0.39, 0.29) is 17.1 Å². The highest BCUT2D eigenvalue weighted by atomic mass is 32.2. The van der Waals surface area contributed by atoms with Gasteiger partial charge in [0.1, 0.15) is 0 Å². The molecular weight excluding hydrogens is 310 g/mol. The van der Waals surface area contributed by atoms with Crippen molar-refractivity contribution < 1.29 is 4.79 Å². The van der Waals surface area contributed by atoms with Gasteiger partial charge in [-0.2, -0.15) is 0 Å². The third-order valence-electron chi connectivity index (χ3n) is 3.76. The molecule has 2 aromatic rings. The van der Waals surface area contributed by atoms with Gasteiger partial charge in [0.25, 0.3) is 0 Å². The molecule has 1 aromatic heterocycles. The van der Waals surface area contributed by atoms with Crippen LogP contribution in [0.2, 0.25) is 0 Å². The van der Waals surface area contributed by atoms with Crippen LogP contribution in [0, 0.1) is 5.92 Å². The van der Waals surface area contributed by atoms with Gasteiger partial charge in [-0.1, -0.05) is 55.9 Å². The smallest absolute Gasteiger partial charge is 0.234 e. The van der Waals surface area contributed by atoms with E-state index in [1.165, 1.54) is 11.8 Å². The fourth-order valence-electron chi connectivity index (χ4n) is 2.30. The van der Waals surface area contributed by atoms with Gasteiger partial charge in [0.15, 0.2) is 0 Å². The van der Waals surface area contributed by atoms with Crippen LogP contribution in [0.1, 0.15) is 38.3 Å². The largest absolute Gasteiger partial charge is 0.351 e. The lowest BCUT2D eigenvalue weighted by Gasteiger charge is -2.19. The Kier molecular flexibility index (Phi) is 4.95. The van der Waals surface area contributed by atoms with Gasteiger partial charge in [-0.15, -0.1) is 5.10 Å². The second-order valence-electron chi connectivity index (χ2n) is 6.12. The van der Waals surface area contributed by atoms with Crippen LogP contribution in [0.4, 0.5) is 0 Å². The number of thioether (sulfide) groups is 1. The highest BCUT2D eigenvalue weighted by Gasteiger charge is 2.31. The summed E-state index contributed by atoms with van der Waals surface area (Å²) in [7, 11) is 0. The van der Waals surface area contributed by atoms with Gasteiger partial charge in [0.05, 0.1) is 11.3 Å². The minimum Gasteiger partial charge on any atom is -0.351 e. The summed E-state index contributed by atoms with van der Waals surface area (Å²) in [6, 6.07) is 10.3. The third-order valence-corrected chi connectivity index (χ3v) is 5.25. The molecule has 1 N–H and O–H groups in total. The molecule has 1 aliphatic carbocycles. The molecule has 1 fully saturated rings. The average Bonchev–Trinajstić information content (AvgIpc) is 3.29. The number of benzene rings is 1. The molecule has 0 saturated heterocycles. The zero-order chi connectivity index (χ0) is 16.2. The summed E-state index contributed by atoms with van der Waals surface area (Å²) in [5.41, 5.74) is 1.09. The Morgan fingerprint density at radius 1 is 1.35 bits per heavy atom. The molecule has 0 spiro atoms. The van der Waals surface area contributed by atoms with E-state index in [2.05, 4.69) is 20.8 Å². The lowest BCUT2D eigenvalue weighted by atomic mass is 10.1. The monoisotopic (exact) mass is 331 g/mol. The van der Waals surface area contributed by atoms with Crippen molar-refractivity contribution in [3.8, 4) is 0 Å². The van der Waals surface area contributed by atoms with Crippen LogP contribution < -0.4 is 5.32 Å². The van der Waals surface area contributed by atoms with E-state index < -0.39 is 0 Å². The summed E-state index contributed by atoms with van der Waals surface area (Å²) in [4.78, 5) is 12.6. The second kappa shape index (κ2) is 7.12. The minimum atomic E-state index is -0.206. The van der Waals surface area contributed by atoms with Crippen LogP contribution in [0.5, 0.6) is 0 Å². The molecule has 0 bridgehead atoms. The van der Waals surface area contributed by atoms with Crippen molar-refractivity contribution in [3.05, 3.63) is 35.9 Å². The first-order valence-electron chi connectivity index (χ1n) is 7.91. The summed E-state index contributed by atoms with van der Waals surface area (Å²) in [6.07, 6.45) is 2.23. The van der Waals surface area contributed by atoms with Crippen molar-refractivity contribution in [1.82, 2.24) is 25.5 Å². The zero-order valence-corrected chi connectivity index (χ0v) is 14.2. The quantitative estimate of drug-likeness (QED) is 0.789. The fraction of sp³-hybridized carbons (Fsp3) is 0.500. The molecule has 1 aliphatic rings. The number of carbonyl (C=O) groups excluding carboxylic acids is 1. The number of nitrogens with one attached hydrogen (secondary N) is 1. The maximum absolute atomic E-state index is 12.6. The minimum absolute atomic E-state index is 0.0270. The molecule has 1 heterocycles. The highest BCUT2D eigenvalue weighted by Crippen LogP contribution is 2.37. The second-order valence-corrected chi connectivity index (χ2v) is 7.23. The summed E-state index contributed by atoms with van der Waals surface area (Å²) in [5, 5.41) is 15.4. The molecule has 1 unspecified atom stereocenters. The fourth-order valence-corrected chi connectivity index (χ4v) is 3.37. The van der Waals surface area contributed by atoms with E-state index in [4.69, 9.17) is 0 Å². The summed E-state index contributed by atoms with van der Waals surface area (Å²) in [5.74, 6) is 0.222. The molecule has 0 radical (unpaired) electrons. The Labute approximate surface area is 140 Å². The maximum Gasteiger partial charge on any atom is 0.234 e. The van der Waals surface area contributed by atoms with Gasteiger partial charge in [-0.3, -0.25) is 4.79 Å². The van der Waals surface area contributed by atoms with Crippen LogP contribution >= 0.6 is 11.8 Å². The zero-order valence-electron chi connectivity index (χ0n) is 13.3. The van der Waals surface area contributed by atoms with Gasteiger partial charge in [0.2, 0.25) is 11.1 Å². The van der Waals surface area contributed by atoms with Gasteiger partial charge in [0, 0.05) is 6.54 Å². The Hall–Kier alpha value is -1.89. The standard InChI is InChI=1S/C16H21N5OS/c1-11(2)14(15(22)17-10-12-6-4-3-5-7-12)23-16-18-19-20-21(16)13-8-9-13/h3-7,11,13-14H,8-10H2,1-2H3,(H,17,22). The molecule has 1 amide bonds. The molecule has 3 rings (SSSR count). The van der Waals surface area contributed by atoms with Crippen molar-refractivity contribution in [2.75, 3.05) is 0 Å². The number of carbonyl (C=O) groups is 1. The molecule has 1 aromatic carbocycles. The van der Waals surface area contributed by atoms with Crippen molar-refractivity contribution in [2.45, 2.75) is 49.7 Å². The molecule has 6 nitrogen and oxygen atoms in total. The predicted molar refractivity (Wildman–Crippen MR) is 88.9 cm³/mol. The van der Waals surface area contributed by atoms with Crippen LogP contribution in [-0.2, 0) is 11.3 Å². The van der Waals surface area contributed by atoms with Crippen molar-refractivity contribution in [1.29, 1.82) is 0 Å². The van der Waals surface area contributed by atoms with Crippen LogP contribution in [0.25, 0.3) is 0 Å². The molecule has 23 heavy (non-hydrogen) atoms. The van der Waals surface area contributed by atoms with Crippen molar-refractivity contribution in [2.24, 2.45) is 5.92 Å². The number of nitrogens with zero attached hydrogens (tertiary/aromatic N) is 4. The number of hydrogen-bond acceptors (Lipinski definition) is 5. The third kappa shape index (κ3) is 4.10. The molecule has 0 aliphatic heterocycles. The first-order chi connectivity index (χ1) is 11.1. The SMILES string of the molecule is CC(C)C(Sc1nnnn1C1CC1)C(=O)NCc1ccccc1. The summed E-state index contributed by atoms with van der Waals surface area (Å²) < 4.78 is 1.85. The Bertz CT molecular complexity index is 654. The van der Waals surface area contributed by atoms with Crippen LogP contribution in [-0.4, -0.2) is 31.4 Å². The highest BCUT2D eigenvalue weighted by molar-refractivity contribution is 8.00. The summed E-state index contributed by atoms with van der Waals surface area (Å²) in [6.45, 7) is 4.63.